The molecule has 2 aliphatic heterocycles. The van der Waals surface area contributed by atoms with E-state index in [2.05, 4.69) is 51.8 Å². The van der Waals surface area contributed by atoms with E-state index in [1.807, 2.05) is 23.4 Å². The van der Waals surface area contributed by atoms with Crippen LogP contribution in [0.15, 0.2) is 48.8 Å². The topological polar surface area (TPSA) is 89.9 Å². The van der Waals surface area contributed by atoms with Gasteiger partial charge < -0.3 is 15.2 Å². The van der Waals surface area contributed by atoms with Crippen LogP contribution in [0, 0.1) is 0 Å². The van der Waals surface area contributed by atoms with Gasteiger partial charge in [0.25, 0.3) is 5.91 Å². The molecule has 0 unspecified atom stereocenters. The number of rotatable bonds is 4. The first-order valence-corrected chi connectivity index (χ1v) is 13.6. The number of hydrogen-bond donors (Lipinski definition) is 1. The molecular formula is C30H30N6O. The maximum atomic E-state index is 13.7. The molecule has 0 spiro atoms. The molecule has 186 valence electrons. The van der Waals surface area contributed by atoms with Gasteiger partial charge in [0.15, 0.2) is 0 Å². The van der Waals surface area contributed by atoms with E-state index in [1.54, 1.807) is 0 Å². The maximum Gasteiger partial charge on any atom is 0.254 e. The highest BCUT2D eigenvalue weighted by Gasteiger charge is 2.46. The zero-order chi connectivity index (χ0) is 24.9. The van der Waals surface area contributed by atoms with E-state index in [1.165, 1.54) is 24.0 Å². The van der Waals surface area contributed by atoms with Crippen LogP contribution in [0.25, 0.3) is 22.2 Å². The Balaban J connectivity index is 1.28. The number of imidazole rings is 1. The summed E-state index contributed by atoms with van der Waals surface area (Å²) in [5, 5.41) is 0. The van der Waals surface area contributed by atoms with Crippen LogP contribution in [-0.4, -0.2) is 36.9 Å². The van der Waals surface area contributed by atoms with E-state index >= 15 is 0 Å². The Hall–Kier alpha value is -3.58. The van der Waals surface area contributed by atoms with Crippen molar-refractivity contribution in [1.29, 1.82) is 0 Å². The number of benzene rings is 2. The second kappa shape index (κ2) is 7.48. The molecule has 2 atom stereocenters. The number of nitrogens with two attached hydrogens (primary N) is 1. The zero-order valence-electron chi connectivity index (χ0n) is 21.0. The van der Waals surface area contributed by atoms with Crippen LogP contribution in [-0.2, 0) is 5.54 Å². The lowest BCUT2D eigenvalue weighted by molar-refractivity contribution is 0.0692. The van der Waals surface area contributed by atoms with E-state index in [4.69, 9.17) is 10.7 Å². The van der Waals surface area contributed by atoms with Crippen LogP contribution < -0.4 is 5.73 Å². The van der Waals surface area contributed by atoms with Crippen LogP contribution in [0.5, 0.6) is 0 Å². The monoisotopic (exact) mass is 490 g/mol. The summed E-state index contributed by atoms with van der Waals surface area (Å²) in [6.45, 7) is 2.74. The Morgan fingerprint density at radius 3 is 2.57 bits per heavy atom. The van der Waals surface area contributed by atoms with Crippen LogP contribution in [0.4, 0.5) is 0 Å². The van der Waals surface area contributed by atoms with E-state index in [9.17, 15) is 4.79 Å². The van der Waals surface area contributed by atoms with Crippen LogP contribution in [0.2, 0.25) is 0 Å². The summed E-state index contributed by atoms with van der Waals surface area (Å²) < 4.78 is 2.42. The van der Waals surface area contributed by atoms with Crippen molar-refractivity contribution in [2.75, 3.05) is 6.54 Å². The zero-order valence-corrected chi connectivity index (χ0v) is 21.0. The average molecular weight is 491 g/mol. The minimum Gasteiger partial charge on any atom is -0.329 e. The van der Waals surface area contributed by atoms with Crippen molar-refractivity contribution in [2.45, 2.75) is 69.0 Å². The number of carbonyl (C=O) groups is 1. The molecule has 2 aromatic heterocycles. The Labute approximate surface area is 215 Å². The third-order valence-corrected chi connectivity index (χ3v) is 9.15. The largest absolute Gasteiger partial charge is 0.329 e. The van der Waals surface area contributed by atoms with Crippen LogP contribution in [0.1, 0.15) is 96.6 Å². The van der Waals surface area contributed by atoms with Gasteiger partial charge >= 0.3 is 0 Å². The molecule has 7 heteroatoms. The minimum absolute atomic E-state index is 0.0105. The summed E-state index contributed by atoms with van der Waals surface area (Å²) in [6, 6.07) is 12.9. The van der Waals surface area contributed by atoms with Crippen molar-refractivity contribution in [3.63, 3.8) is 0 Å². The molecule has 2 saturated carbocycles. The molecule has 1 amide bonds. The first kappa shape index (κ1) is 21.5. The molecule has 7 nitrogen and oxygen atoms in total. The Kier molecular flexibility index (Phi) is 4.35. The van der Waals surface area contributed by atoms with Gasteiger partial charge in [0, 0.05) is 36.5 Å². The molecule has 0 radical (unpaired) electrons. The maximum absolute atomic E-state index is 13.7. The number of aromatic nitrogens is 4. The van der Waals surface area contributed by atoms with Gasteiger partial charge in [-0.1, -0.05) is 18.2 Å². The molecule has 37 heavy (non-hydrogen) atoms. The Bertz CT molecular complexity index is 1580. The molecule has 4 aliphatic rings. The lowest BCUT2D eigenvalue weighted by atomic mass is 9.77. The molecule has 2 aromatic carbocycles. The smallest absolute Gasteiger partial charge is 0.254 e. The van der Waals surface area contributed by atoms with Gasteiger partial charge in [-0.2, -0.15) is 0 Å². The van der Waals surface area contributed by atoms with Crippen LogP contribution in [0.3, 0.4) is 0 Å². The summed E-state index contributed by atoms with van der Waals surface area (Å²) >= 11 is 0. The van der Waals surface area contributed by atoms with E-state index in [0.29, 0.717) is 12.5 Å². The third-order valence-electron chi connectivity index (χ3n) is 9.15. The molecular weight excluding hydrogens is 460 g/mol. The van der Waals surface area contributed by atoms with Crippen molar-refractivity contribution in [3.8, 4) is 11.1 Å². The van der Waals surface area contributed by atoms with Crippen molar-refractivity contribution in [2.24, 2.45) is 5.73 Å². The predicted molar refractivity (Wildman–Crippen MR) is 141 cm³/mol. The summed E-state index contributed by atoms with van der Waals surface area (Å²) in [6.07, 6.45) is 10.1. The summed E-state index contributed by atoms with van der Waals surface area (Å²) in [7, 11) is 0. The predicted octanol–water partition coefficient (Wildman–Crippen LogP) is 5.22. The summed E-state index contributed by atoms with van der Waals surface area (Å²) in [5.41, 5.74) is 13.7. The van der Waals surface area contributed by atoms with Gasteiger partial charge in [0.2, 0.25) is 0 Å². The highest BCUT2D eigenvalue weighted by Crippen LogP contribution is 2.52. The highest BCUT2D eigenvalue weighted by atomic mass is 16.2. The number of amides is 1. The molecule has 2 fully saturated rings. The Morgan fingerprint density at radius 2 is 1.86 bits per heavy atom. The van der Waals surface area contributed by atoms with E-state index < -0.39 is 0 Å². The van der Waals surface area contributed by atoms with Crippen molar-refractivity contribution >= 4 is 16.9 Å². The second-order valence-corrected chi connectivity index (χ2v) is 11.3. The quantitative estimate of drug-likeness (QED) is 0.424. The average Bonchev–Trinajstić information content (AvgIpc) is 3.62. The highest BCUT2D eigenvalue weighted by molar-refractivity contribution is 5.98. The fraction of sp³-hybridized carbons (Fsp3) is 0.400. The number of carbonyl (C=O) groups excluding carboxylic acids is 1. The van der Waals surface area contributed by atoms with Gasteiger partial charge in [0.1, 0.15) is 11.6 Å². The SMILES string of the molecule is CCN1C(=O)c2cccc(C3CC3)c2[C@H]2C[C@H]1c1nc3ccc(-c4cnc(C5(N)CCC5)nc4)cc3n12. The van der Waals surface area contributed by atoms with Gasteiger partial charge in [-0.05, 0) is 79.8 Å². The van der Waals surface area contributed by atoms with Gasteiger partial charge in [-0.15, -0.1) is 0 Å². The lowest BCUT2D eigenvalue weighted by Crippen LogP contribution is -2.44. The number of nitrogens with zero attached hydrogens (tertiary/aromatic N) is 5. The minimum atomic E-state index is -0.361. The molecule has 4 heterocycles. The molecule has 8 rings (SSSR count). The molecule has 2 bridgehead atoms. The molecule has 4 aromatic rings. The summed E-state index contributed by atoms with van der Waals surface area (Å²) in [5.74, 6) is 2.46. The fourth-order valence-corrected chi connectivity index (χ4v) is 6.86. The van der Waals surface area contributed by atoms with E-state index in [0.717, 1.165) is 65.1 Å². The first-order chi connectivity index (χ1) is 18.1. The van der Waals surface area contributed by atoms with E-state index in [-0.39, 0.29) is 23.5 Å². The summed E-state index contributed by atoms with van der Waals surface area (Å²) in [4.78, 5) is 30.1. The first-order valence-electron chi connectivity index (χ1n) is 13.6. The van der Waals surface area contributed by atoms with Crippen LogP contribution >= 0.6 is 0 Å². The number of fused-ring (bicyclic) bond motifs is 9. The second-order valence-electron chi connectivity index (χ2n) is 11.3. The Morgan fingerprint density at radius 1 is 1.05 bits per heavy atom. The number of hydrogen-bond acceptors (Lipinski definition) is 5. The normalized spacial score (nSPS) is 23.5. The van der Waals surface area contributed by atoms with Crippen molar-refractivity contribution in [1.82, 2.24) is 24.4 Å². The fourth-order valence-electron chi connectivity index (χ4n) is 6.86. The molecule has 2 aliphatic carbocycles. The van der Waals surface area contributed by atoms with Gasteiger partial charge in [-0.25, -0.2) is 15.0 Å². The van der Waals surface area contributed by atoms with Gasteiger partial charge in [0.05, 0.1) is 28.7 Å². The lowest BCUT2D eigenvalue weighted by Gasteiger charge is -2.36. The van der Waals surface area contributed by atoms with Crippen molar-refractivity contribution < 1.29 is 4.79 Å². The van der Waals surface area contributed by atoms with Gasteiger partial charge in [-0.3, -0.25) is 4.79 Å². The third kappa shape index (κ3) is 2.98. The molecule has 0 saturated heterocycles. The molecule has 2 N–H and O–H groups in total. The van der Waals surface area contributed by atoms with Crippen molar-refractivity contribution in [3.05, 3.63) is 77.1 Å². The standard InChI is InChI=1S/C30H30N6O/c1-2-35-25-14-24(26-20(17-7-8-17)5-3-6-21(26)28(35)37)36-23-13-18(9-10-22(23)34-27(25)36)19-15-32-29(33-16-19)30(31)11-4-12-30/h3,5-6,9-10,13,15-17,24-25H,2,4,7-8,11-12,14,31H2,1H3/t24-,25+/m1/s1.